The summed E-state index contributed by atoms with van der Waals surface area (Å²) in [6.45, 7) is 2.69. The molecule has 1 aromatic carbocycles. The van der Waals surface area contributed by atoms with Gasteiger partial charge >= 0.3 is 0 Å². The highest BCUT2D eigenvalue weighted by Crippen LogP contribution is 2.29. The summed E-state index contributed by atoms with van der Waals surface area (Å²) in [5.41, 5.74) is 1.70. The molecule has 0 spiro atoms. The van der Waals surface area contributed by atoms with Crippen LogP contribution >= 0.6 is 0 Å². The molecule has 3 aliphatic rings. The molecule has 2 atom stereocenters. The summed E-state index contributed by atoms with van der Waals surface area (Å²) in [5.74, 6) is 1.64. The van der Waals surface area contributed by atoms with E-state index < -0.39 is 6.43 Å². The maximum atomic E-state index is 12.8. The second-order valence-electron chi connectivity index (χ2n) is 9.13. The van der Waals surface area contributed by atoms with E-state index in [1.165, 1.54) is 0 Å². The fourth-order valence-electron chi connectivity index (χ4n) is 4.89. The zero-order chi connectivity index (χ0) is 22.8. The average Bonchev–Trinajstić information content (AvgIpc) is 3.23. The van der Waals surface area contributed by atoms with Gasteiger partial charge in [0.15, 0.2) is 5.69 Å². The first-order valence-corrected chi connectivity index (χ1v) is 11.7. The van der Waals surface area contributed by atoms with Crippen molar-refractivity contribution in [3.63, 3.8) is 0 Å². The van der Waals surface area contributed by atoms with Gasteiger partial charge in [-0.15, -0.1) is 0 Å². The standard InChI is InChI=1S/C24H29F2N3O4/c25-22(26)11-16-1-2-21-17(9-16)12-18(14-32-21)27-24(30)20-13-23-29(28-20)6-3-19(33-23)10-15-4-7-31-8-5-15/h1-2,9,13,15,18-19,22H,3-8,10-12,14H2,(H,27,30)/t18-,19?/m1/s1. The number of fused-ring (bicyclic) bond motifs is 2. The Labute approximate surface area is 191 Å². The lowest BCUT2D eigenvalue weighted by molar-refractivity contribution is 0.0388. The smallest absolute Gasteiger partial charge is 0.272 e. The quantitative estimate of drug-likeness (QED) is 0.714. The maximum Gasteiger partial charge on any atom is 0.272 e. The first-order chi connectivity index (χ1) is 16.0. The number of hydrogen-bond acceptors (Lipinski definition) is 5. The van der Waals surface area contributed by atoms with Crippen molar-refractivity contribution in [3.8, 4) is 11.6 Å². The van der Waals surface area contributed by atoms with Gasteiger partial charge in [0, 0.05) is 38.7 Å². The summed E-state index contributed by atoms with van der Waals surface area (Å²) in [6, 6.07) is 6.57. The van der Waals surface area contributed by atoms with E-state index in [9.17, 15) is 13.6 Å². The van der Waals surface area contributed by atoms with Crippen molar-refractivity contribution in [2.45, 2.75) is 63.6 Å². The lowest BCUT2D eigenvalue weighted by Crippen LogP contribution is -2.43. The normalized spacial score (nSPS) is 22.8. The SMILES string of the molecule is O=C(N[C@H]1COc2ccc(CC(F)F)cc2C1)c1cc2n(n1)CCC(CC1CCOCC1)O2. The average molecular weight is 462 g/mol. The van der Waals surface area contributed by atoms with Crippen LogP contribution in [0.2, 0.25) is 0 Å². The van der Waals surface area contributed by atoms with Gasteiger partial charge in [0.05, 0.1) is 6.04 Å². The number of halogens is 2. The number of carbonyl (C=O) groups is 1. The molecule has 5 rings (SSSR count). The molecule has 1 unspecified atom stereocenters. The Morgan fingerprint density at radius 1 is 1.21 bits per heavy atom. The molecule has 1 saturated heterocycles. The van der Waals surface area contributed by atoms with E-state index in [1.807, 2.05) is 0 Å². The van der Waals surface area contributed by atoms with Crippen LogP contribution in [0.5, 0.6) is 11.6 Å². The molecule has 7 nitrogen and oxygen atoms in total. The first-order valence-electron chi connectivity index (χ1n) is 11.7. The summed E-state index contributed by atoms with van der Waals surface area (Å²) in [4.78, 5) is 12.8. The Balaban J connectivity index is 1.18. The number of alkyl halides is 2. The number of benzene rings is 1. The van der Waals surface area contributed by atoms with Crippen LogP contribution in [0.25, 0.3) is 0 Å². The van der Waals surface area contributed by atoms with Crippen molar-refractivity contribution >= 4 is 5.91 Å². The van der Waals surface area contributed by atoms with Crippen LogP contribution in [0, 0.1) is 5.92 Å². The van der Waals surface area contributed by atoms with Crippen LogP contribution in [-0.4, -0.2) is 54.1 Å². The Morgan fingerprint density at radius 2 is 2.06 bits per heavy atom. The third-order valence-electron chi connectivity index (χ3n) is 6.62. The van der Waals surface area contributed by atoms with Crippen LogP contribution < -0.4 is 14.8 Å². The van der Waals surface area contributed by atoms with Crippen LogP contribution in [-0.2, 0) is 24.1 Å². The lowest BCUT2D eigenvalue weighted by atomic mass is 9.92. The second kappa shape index (κ2) is 9.67. The molecule has 2 aromatic rings. The number of aryl methyl sites for hydroxylation is 1. The Bertz CT molecular complexity index is 990. The molecule has 9 heteroatoms. The van der Waals surface area contributed by atoms with E-state index in [1.54, 1.807) is 28.9 Å². The molecule has 1 aromatic heterocycles. The third-order valence-corrected chi connectivity index (χ3v) is 6.62. The minimum absolute atomic E-state index is 0.138. The number of ether oxygens (including phenoxy) is 3. The van der Waals surface area contributed by atoms with Crippen LogP contribution in [0.3, 0.4) is 0 Å². The molecule has 0 radical (unpaired) electrons. The predicted octanol–water partition coefficient (Wildman–Crippen LogP) is 3.39. The third kappa shape index (κ3) is 5.29. The summed E-state index contributed by atoms with van der Waals surface area (Å²) < 4.78 is 44.5. The fourth-order valence-corrected chi connectivity index (χ4v) is 4.89. The highest BCUT2D eigenvalue weighted by Gasteiger charge is 2.28. The van der Waals surface area contributed by atoms with Crippen molar-refractivity contribution in [2.75, 3.05) is 19.8 Å². The minimum Gasteiger partial charge on any atom is -0.491 e. The van der Waals surface area contributed by atoms with E-state index in [2.05, 4.69) is 10.4 Å². The van der Waals surface area contributed by atoms with Crippen molar-refractivity contribution in [3.05, 3.63) is 41.1 Å². The number of aromatic nitrogens is 2. The molecule has 1 N–H and O–H groups in total. The number of nitrogens with one attached hydrogen (secondary N) is 1. The Kier molecular flexibility index (Phi) is 6.48. The molecule has 1 fully saturated rings. The second-order valence-corrected chi connectivity index (χ2v) is 9.13. The van der Waals surface area contributed by atoms with Gasteiger partial charge in [-0.25, -0.2) is 13.5 Å². The van der Waals surface area contributed by atoms with E-state index in [0.29, 0.717) is 41.8 Å². The molecule has 0 aliphatic carbocycles. The molecule has 0 bridgehead atoms. The zero-order valence-corrected chi connectivity index (χ0v) is 18.5. The summed E-state index contributed by atoms with van der Waals surface area (Å²) >= 11 is 0. The molecular formula is C24H29F2N3O4. The number of rotatable bonds is 6. The highest BCUT2D eigenvalue weighted by molar-refractivity contribution is 5.92. The maximum absolute atomic E-state index is 12.8. The Hall–Kier alpha value is -2.68. The molecule has 178 valence electrons. The highest BCUT2D eigenvalue weighted by atomic mass is 19.3. The zero-order valence-electron chi connectivity index (χ0n) is 18.5. The largest absolute Gasteiger partial charge is 0.491 e. The van der Waals surface area contributed by atoms with Gasteiger partial charge in [0.2, 0.25) is 12.3 Å². The minimum atomic E-state index is -2.39. The fraction of sp³-hybridized carbons (Fsp3) is 0.583. The van der Waals surface area contributed by atoms with E-state index in [4.69, 9.17) is 14.2 Å². The van der Waals surface area contributed by atoms with E-state index in [0.717, 1.165) is 51.0 Å². The Morgan fingerprint density at radius 3 is 2.88 bits per heavy atom. The molecule has 4 heterocycles. The number of nitrogens with zero attached hydrogens (tertiary/aromatic N) is 2. The monoisotopic (exact) mass is 461 g/mol. The molecule has 1 amide bonds. The number of carbonyl (C=O) groups excluding carboxylic acids is 1. The van der Waals surface area contributed by atoms with Crippen molar-refractivity contribution in [1.29, 1.82) is 0 Å². The van der Waals surface area contributed by atoms with Gasteiger partial charge in [-0.2, -0.15) is 5.10 Å². The van der Waals surface area contributed by atoms with Gasteiger partial charge < -0.3 is 19.5 Å². The van der Waals surface area contributed by atoms with Crippen LogP contribution in [0.4, 0.5) is 8.78 Å². The van der Waals surface area contributed by atoms with Gasteiger partial charge in [-0.05, 0) is 48.8 Å². The van der Waals surface area contributed by atoms with Gasteiger partial charge in [0.25, 0.3) is 5.91 Å². The van der Waals surface area contributed by atoms with Crippen molar-refractivity contribution in [2.24, 2.45) is 5.92 Å². The molecule has 3 aliphatic heterocycles. The van der Waals surface area contributed by atoms with Crippen molar-refractivity contribution in [1.82, 2.24) is 15.1 Å². The van der Waals surface area contributed by atoms with Gasteiger partial charge in [-0.1, -0.05) is 12.1 Å². The predicted molar refractivity (Wildman–Crippen MR) is 116 cm³/mol. The topological polar surface area (TPSA) is 74.6 Å². The number of hydrogen-bond donors (Lipinski definition) is 1. The molecule has 33 heavy (non-hydrogen) atoms. The lowest BCUT2D eigenvalue weighted by Gasteiger charge is -2.29. The first kappa shape index (κ1) is 22.1. The molecule has 0 saturated carbocycles. The van der Waals surface area contributed by atoms with E-state index >= 15 is 0 Å². The van der Waals surface area contributed by atoms with Gasteiger partial charge in [-0.3, -0.25) is 4.79 Å². The summed E-state index contributed by atoms with van der Waals surface area (Å²) in [5, 5.41) is 7.39. The van der Waals surface area contributed by atoms with Crippen molar-refractivity contribution < 1.29 is 27.8 Å². The molecular weight excluding hydrogens is 432 g/mol. The van der Waals surface area contributed by atoms with Crippen LogP contribution in [0.1, 0.15) is 47.3 Å². The van der Waals surface area contributed by atoms with E-state index in [-0.39, 0.29) is 24.5 Å². The summed E-state index contributed by atoms with van der Waals surface area (Å²) in [6.07, 6.45) is 2.00. The number of amides is 1. The van der Waals surface area contributed by atoms with Crippen LogP contribution in [0.15, 0.2) is 24.3 Å². The van der Waals surface area contributed by atoms with Gasteiger partial charge in [0.1, 0.15) is 18.5 Å². The summed E-state index contributed by atoms with van der Waals surface area (Å²) in [7, 11) is 0.